The number of fused-ring (bicyclic) bond motifs is 1. The highest BCUT2D eigenvalue weighted by molar-refractivity contribution is 5.99. The van der Waals surface area contributed by atoms with Crippen LogP contribution in [0.1, 0.15) is 42.6 Å². The van der Waals surface area contributed by atoms with Crippen LogP contribution in [0.5, 0.6) is 5.75 Å². The summed E-state index contributed by atoms with van der Waals surface area (Å²) in [6.45, 7) is 4.74. The predicted octanol–water partition coefficient (Wildman–Crippen LogP) is 2.68. The molecule has 2 heterocycles. The number of aryl methyl sites for hydroxylation is 2. The van der Waals surface area contributed by atoms with Gasteiger partial charge in [-0.3, -0.25) is 4.79 Å². The first-order valence-electron chi connectivity index (χ1n) is 8.41. The van der Waals surface area contributed by atoms with Crippen molar-refractivity contribution in [2.75, 3.05) is 7.11 Å². The van der Waals surface area contributed by atoms with Gasteiger partial charge in [-0.15, -0.1) is 0 Å². The number of hydrogen-bond acceptors (Lipinski definition) is 4. The molecular weight excluding hydrogens is 318 g/mol. The molecule has 1 amide bonds. The number of nitrogens with zero attached hydrogens (tertiary/aromatic N) is 4. The molecule has 7 nitrogen and oxygen atoms in total. The van der Waals surface area contributed by atoms with Gasteiger partial charge < -0.3 is 14.6 Å². The number of methoxy groups -OCH3 is 1. The Bertz CT molecular complexity index is 896. The Kier molecular flexibility index (Phi) is 4.74. The maximum Gasteiger partial charge on any atom is 0.268 e. The van der Waals surface area contributed by atoms with Gasteiger partial charge in [-0.2, -0.15) is 5.10 Å². The second-order valence-corrected chi connectivity index (χ2v) is 5.88. The lowest BCUT2D eigenvalue weighted by Gasteiger charge is -2.17. The summed E-state index contributed by atoms with van der Waals surface area (Å²) in [6, 6.07) is 7.47. The number of rotatable bonds is 6. The summed E-state index contributed by atoms with van der Waals surface area (Å²) in [4.78, 5) is 17.1. The van der Waals surface area contributed by atoms with Gasteiger partial charge in [-0.25, -0.2) is 9.67 Å². The highest BCUT2D eigenvalue weighted by Gasteiger charge is 2.21. The van der Waals surface area contributed by atoms with E-state index in [2.05, 4.69) is 15.4 Å². The molecule has 2 aromatic heterocycles. The van der Waals surface area contributed by atoms with Crippen molar-refractivity contribution < 1.29 is 9.53 Å². The van der Waals surface area contributed by atoms with E-state index in [1.54, 1.807) is 11.8 Å². The monoisotopic (exact) mass is 341 g/mol. The van der Waals surface area contributed by atoms with E-state index in [9.17, 15) is 4.79 Å². The van der Waals surface area contributed by atoms with E-state index in [0.717, 1.165) is 35.4 Å². The van der Waals surface area contributed by atoms with Crippen molar-refractivity contribution in [2.24, 2.45) is 7.05 Å². The second kappa shape index (κ2) is 6.96. The third-order valence-electron chi connectivity index (χ3n) is 4.45. The van der Waals surface area contributed by atoms with Crippen LogP contribution in [0.2, 0.25) is 0 Å². The molecule has 0 spiro atoms. The molecule has 0 aliphatic rings. The van der Waals surface area contributed by atoms with E-state index in [4.69, 9.17) is 4.74 Å². The first kappa shape index (κ1) is 17.0. The third-order valence-corrected chi connectivity index (χ3v) is 4.45. The molecular formula is C18H23N5O2. The van der Waals surface area contributed by atoms with E-state index < -0.39 is 0 Å². The lowest BCUT2D eigenvalue weighted by atomic mass is 10.2. The summed E-state index contributed by atoms with van der Waals surface area (Å²) in [6.07, 6.45) is 2.26. The summed E-state index contributed by atoms with van der Waals surface area (Å²) in [5.41, 5.74) is 1.58. The topological polar surface area (TPSA) is 74.0 Å². The Hall–Kier alpha value is -2.83. The van der Waals surface area contributed by atoms with Crippen molar-refractivity contribution in [3.63, 3.8) is 0 Å². The fourth-order valence-electron chi connectivity index (χ4n) is 3.04. The van der Waals surface area contributed by atoms with Gasteiger partial charge in [0.2, 0.25) is 0 Å². The van der Waals surface area contributed by atoms with E-state index in [-0.39, 0.29) is 11.9 Å². The molecule has 0 aliphatic heterocycles. The smallest absolute Gasteiger partial charge is 0.268 e. The lowest BCUT2D eigenvalue weighted by Crippen LogP contribution is -2.31. The Labute approximate surface area is 146 Å². The fourth-order valence-corrected chi connectivity index (χ4v) is 3.04. The van der Waals surface area contributed by atoms with Crippen molar-refractivity contribution >= 4 is 16.8 Å². The summed E-state index contributed by atoms with van der Waals surface area (Å²) >= 11 is 0. The fraction of sp³-hybridized carbons (Fsp3) is 0.389. The molecule has 0 unspecified atom stereocenters. The quantitative estimate of drug-likeness (QED) is 0.748. The van der Waals surface area contributed by atoms with Gasteiger partial charge >= 0.3 is 0 Å². The molecule has 0 bridgehead atoms. The van der Waals surface area contributed by atoms with Crippen LogP contribution in [0.4, 0.5) is 0 Å². The van der Waals surface area contributed by atoms with Crippen LogP contribution >= 0.6 is 0 Å². The molecule has 0 saturated heterocycles. The van der Waals surface area contributed by atoms with Crippen LogP contribution in [0, 0.1) is 0 Å². The van der Waals surface area contributed by atoms with Crippen LogP contribution in [-0.2, 0) is 13.6 Å². The van der Waals surface area contributed by atoms with Gasteiger partial charge in [0.15, 0.2) is 0 Å². The first-order valence-corrected chi connectivity index (χ1v) is 8.41. The molecule has 0 fully saturated rings. The standard InChI is InChI=1S/C18H23N5O2/c1-5-14(17-19-11-20-23(17)6-2)21-18(24)16-10-12-9-13(25-4)7-8-15(12)22(16)3/h7-11,14H,5-6H2,1-4H3,(H,21,24)/t14-/m0/s1. The van der Waals surface area contributed by atoms with Crippen LogP contribution in [-0.4, -0.2) is 32.3 Å². The molecule has 1 atom stereocenters. The number of amides is 1. The lowest BCUT2D eigenvalue weighted by molar-refractivity contribution is 0.0925. The predicted molar refractivity (Wildman–Crippen MR) is 95.7 cm³/mol. The van der Waals surface area contributed by atoms with Gasteiger partial charge in [-0.05, 0) is 37.6 Å². The van der Waals surface area contributed by atoms with Crippen molar-refractivity contribution in [3.05, 3.63) is 42.1 Å². The van der Waals surface area contributed by atoms with E-state index in [1.807, 2.05) is 49.7 Å². The van der Waals surface area contributed by atoms with Gasteiger partial charge in [-0.1, -0.05) is 6.92 Å². The Morgan fingerprint density at radius 2 is 2.12 bits per heavy atom. The van der Waals surface area contributed by atoms with Gasteiger partial charge in [0, 0.05) is 24.5 Å². The van der Waals surface area contributed by atoms with Crippen molar-refractivity contribution in [1.82, 2.24) is 24.6 Å². The summed E-state index contributed by atoms with van der Waals surface area (Å²) < 4.78 is 8.96. The van der Waals surface area contributed by atoms with Crippen LogP contribution in [0.15, 0.2) is 30.6 Å². The minimum Gasteiger partial charge on any atom is -0.497 e. The molecule has 1 N–H and O–H groups in total. The molecule has 3 aromatic rings. The minimum atomic E-state index is -0.178. The normalized spacial score (nSPS) is 12.3. The number of carbonyl (C=O) groups excluding carboxylic acids is 1. The van der Waals surface area contributed by atoms with E-state index >= 15 is 0 Å². The van der Waals surface area contributed by atoms with E-state index in [0.29, 0.717) is 5.69 Å². The molecule has 7 heteroatoms. The maximum atomic E-state index is 12.8. The molecule has 0 saturated carbocycles. The minimum absolute atomic E-state index is 0.129. The summed E-state index contributed by atoms with van der Waals surface area (Å²) in [7, 11) is 3.52. The zero-order chi connectivity index (χ0) is 18.0. The summed E-state index contributed by atoms with van der Waals surface area (Å²) in [5, 5.41) is 8.24. The van der Waals surface area contributed by atoms with Gasteiger partial charge in [0.25, 0.3) is 5.91 Å². The van der Waals surface area contributed by atoms with Crippen molar-refractivity contribution in [1.29, 1.82) is 0 Å². The van der Waals surface area contributed by atoms with Gasteiger partial charge in [0.1, 0.15) is 23.6 Å². The third kappa shape index (κ3) is 3.09. The zero-order valence-electron chi connectivity index (χ0n) is 15.0. The number of carbonyl (C=O) groups is 1. The number of ether oxygens (including phenoxy) is 1. The second-order valence-electron chi connectivity index (χ2n) is 5.88. The SMILES string of the molecule is CC[C@H](NC(=O)c1cc2cc(OC)ccc2n1C)c1ncnn1CC. The number of aromatic nitrogens is 4. The van der Waals surface area contributed by atoms with E-state index in [1.165, 1.54) is 6.33 Å². The Morgan fingerprint density at radius 1 is 1.32 bits per heavy atom. The molecule has 1 aromatic carbocycles. The number of hydrogen-bond donors (Lipinski definition) is 1. The number of nitrogens with one attached hydrogen (secondary N) is 1. The van der Waals surface area contributed by atoms with Crippen molar-refractivity contribution in [3.8, 4) is 5.75 Å². The highest BCUT2D eigenvalue weighted by Crippen LogP contribution is 2.24. The summed E-state index contributed by atoms with van der Waals surface area (Å²) in [5.74, 6) is 1.42. The first-order chi connectivity index (χ1) is 12.1. The Balaban J connectivity index is 1.89. The van der Waals surface area contributed by atoms with Crippen LogP contribution in [0.3, 0.4) is 0 Å². The highest BCUT2D eigenvalue weighted by atomic mass is 16.5. The largest absolute Gasteiger partial charge is 0.497 e. The molecule has 3 rings (SSSR count). The van der Waals surface area contributed by atoms with Crippen molar-refractivity contribution in [2.45, 2.75) is 32.9 Å². The molecule has 0 aliphatic carbocycles. The molecule has 132 valence electrons. The molecule has 25 heavy (non-hydrogen) atoms. The van der Waals surface area contributed by atoms with Crippen LogP contribution < -0.4 is 10.1 Å². The average Bonchev–Trinajstić information content (AvgIpc) is 3.23. The van der Waals surface area contributed by atoms with Gasteiger partial charge in [0.05, 0.1) is 13.2 Å². The number of benzene rings is 1. The average molecular weight is 341 g/mol. The Morgan fingerprint density at radius 3 is 2.80 bits per heavy atom. The molecule has 0 radical (unpaired) electrons. The maximum absolute atomic E-state index is 12.8. The van der Waals surface area contributed by atoms with Crippen LogP contribution in [0.25, 0.3) is 10.9 Å². The zero-order valence-corrected chi connectivity index (χ0v) is 15.0.